The van der Waals surface area contributed by atoms with E-state index in [0.717, 1.165) is 64.2 Å². The van der Waals surface area contributed by atoms with Gasteiger partial charge in [-0.3, -0.25) is 14.4 Å². The number of ether oxygens (including phenoxy) is 4. The molecular formula is C54H86O9. The molecule has 7 aliphatic carbocycles. The number of hydrogen-bond acceptors (Lipinski definition) is 9. The van der Waals surface area contributed by atoms with Crippen LogP contribution in [0.1, 0.15) is 199 Å². The van der Waals surface area contributed by atoms with Crippen molar-refractivity contribution in [3.63, 3.8) is 0 Å². The first-order chi connectivity index (χ1) is 29.5. The van der Waals surface area contributed by atoms with Gasteiger partial charge in [0.2, 0.25) is 6.10 Å². The van der Waals surface area contributed by atoms with Gasteiger partial charge in [0.25, 0.3) is 0 Å². The van der Waals surface area contributed by atoms with Gasteiger partial charge in [0.15, 0.2) is 0 Å². The van der Waals surface area contributed by atoms with E-state index in [1.165, 1.54) is 6.42 Å². The zero-order valence-corrected chi connectivity index (χ0v) is 41.5. The molecule has 19 unspecified atom stereocenters. The van der Waals surface area contributed by atoms with E-state index >= 15 is 14.4 Å². The Kier molecular flexibility index (Phi) is 12.0. The minimum absolute atomic E-state index is 0.0156. The second-order valence-electron chi connectivity index (χ2n) is 24.8. The quantitative estimate of drug-likeness (QED) is 0.119. The van der Waals surface area contributed by atoms with Gasteiger partial charge in [0.05, 0.1) is 28.5 Å². The molecule has 0 amide bonds. The molecule has 1 aliphatic heterocycles. The highest BCUT2D eigenvalue weighted by atomic mass is 16.6. The summed E-state index contributed by atoms with van der Waals surface area (Å²) in [5.74, 6) is 1.17. The minimum Gasteiger partial charge on any atom is -0.463 e. The molecule has 356 valence electrons. The third-order valence-corrected chi connectivity index (χ3v) is 21.3. The smallest absolute Gasteiger partial charge is 0.347 e. The molecule has 63 heavy (non-hydrogen) atoms. The molecule has 8 aliphatic rings. The van der Waals surface area contributed by atoms with E-state index in [4.69, 9.17) is 18.9 Å². The number of rotatable bonds is 16. The van der Waals surface area contributed by atoms with E-state index in [1.807, 2.05) is 6.92 Å². The molecule has 0 aromatic rings. The van der Waals surface area contributed by atoms with Crippen LogP contribution in [-0.4, -0.2) is 58.5 Å². The van der Waals surface area contributed by atoms with Crippen LogP contribution in [0.4, 0.5) is 0 Å². The van der Waals surface area contributed by atoms with Crippen LogP contribution in [0, 0.1) is 86.3 Å². The lowest BCUT2D eigenvalue weighted by atomic mass is 9.58. The SMILES string of the molecule is CCC1CC2CC(C)C(C)(OC(=O)C3(C(C)CC)CC3(C)C(CC)C3(C(=O)OC4CCOC4=O)CC3(C)C(CC)C3(C(=O)OC45CC(CC)CC(CC(C)(O)C4)C5)CC3C)C(C1)C2. The summed E-state index contributed by atoms with van der Waals surface area (Å²) in [5.41, 5.74) is -6.04. The Morgan fingerprint density at radius 1 is 0.698 bits per heavy atom. The number of cyclic esters (lactones) is 1. The van der Waals surface area contributed by atoms with Gasteiger partial charge in [0.1, 0.15) is 11.2 Å². The summed E-state index contributed by atoms with van der Waals surface area (Å²) >= 11 is 0. The summed E-state index contributed by atoms with van der Waals surface area (Å²) in [5, 5.41) is 11.5. The standard InChI is InChI=1S/C54H86O9/c1-13-32(6)53(46(58)62-50(12)33(7)20-37-21-35(14-2)23-39(50)24-37)30-49(53,11)42(17-5)54(45(57)61-40-18-19-60-43(40)55)31-48(54,10)41(16-4)52(25-34(52)8)44(56)63-51-27-36(15-3)22-38(28-51)26-47(9,59)29-51/h32-42,59H,13-31H2,1-12H3. The highest BCUT2D eigenvalue weighted by molar-refractivity contribution is 5.89. The molecule has 7 saturated carbocycles. The predicted molar refractivity (Wildman–Crippen MR) is 242 cm³/mol. The Morgan fingerprint density at radius 2 is 1.33 bits per heavy atom. The first kappa shape index (κ1) is 47.3. The van der Waals surface area contributed by atoms with Gasteiger partial charge < -0.3 is 24.1 Å². The van der Waals surface area contributed by atoms with Crippen LogP contribution in [-0.2, 0) is 38.1 Å². The van der Waals surface area contributed by atoms with Crippen molar-refractivity contribution >= 4 is 23.9 Å². The second kappa shape index (κ2) is 16.0. The Hall–Kier alpha value is -2.16. The summed E-state index contributed by atoms with van der Waals surface area (Å²) in [6.45, 7) is 26.4. The number of esters is 4. The van der Waals surface area contributed by atoms with Crippen molar-refractivity contribution in [1.29, 1.82) is 0 Å². The van der Waals surface area contributed by atoms with Crippen LogP contribution in [0.2, 0.25) is 0 Å². The monoisotopic (exact) mass is 879 g/mol. The van der Waals surface area contributed by atoms with E-state index < -0.39 is 56.0 Å². The van der Waals surface area contributed by atoms with Crippen LogP contribution < -0.4 is 0 Å². The molecule has 0 aromatic carbocycles. The van der Waals surface area contributed by atoms with Crippen LogP contribution in [0.15, 0.2) is 0 Å². The number of aliphatic hydroxyl groups is 1. The predicted octanol–water partition coefficient (Wildman–Crippen LogP) is 11.2. The molecule has 1 heterocycles. The molecule has 4 bridgehead atoms. The van der Waals surface area contributed by atoms with Crippen molar-refractivity contribution in [2.45, 2.75) is 222 Å². The fourth-order valence-corrected chi connectivity index (χ4v) is 17.8. The fourth-order valence-electron chi connectivity index (χ4n) is 17.8. The Labute approximate surface area is 380 Å². The average Bonchev–Trinajstić information content (AvgIpc) is 4.14. The number of carbonyl (C=O) groups excluding carboxylic acids is 4. The largest absolute Gasteiger partial charge is 0.463 e. The topological polar surface area (TPSA) is 125 Å². The lowest BCUT2D eigenvalue weighted by molar-refractivity contribution is -0.200. The van der Waals surface area contributed by atoms with E-state index in [0.29, 0.717) is 74.5 Å². The van der Waals surface area contributed by atoms with Gasteiger partial charge in [-0.15, -0.1) is 0 Å². The van der Waals surface area contributed by atoms with Gasteiger partial charge in [-0.05, 0) is 154 Å². The molecule has 0 aromatic heterocycles. The third kappa shape index (κ3) is 7.11. The number of carbonyl (C=O) groups is 4. The Morgan fingerprint density at radius 3 is 1.92 bits per heavy atom. The maximum atomic E-state index is 15.5. The lowest BCUT2D eigenvalue weighted by Gasteiger charge is -2.53. The zero-order valence-electron chi connectivity index (χ0n) is 41.5. The minimum atomic E-state index is -1.05. The molecule has 1 saturated heterocycles. The molecule has 9 heteroatoms. The molecular weight excluding hydrogens is 793 g/mol. The molecule has 0 spiro atoms. The van der Waals surface area contributed by atoms with Crippen molar-refractivity contribution < 1.29 is 43.2 Å². The lowest BCUT2D eigenvalue weighted by Crippen LogP contribution is -2.55. The van der Waals surface area contributed by atoms with Crippen molar-refractivity contribution in [3.8, 4) is 0 Å². The first-order valence-electron chi connectivity index (χ1n) is 26.1. The highest BCUT2D eigenvalue weighted by Gasteiger charge is 2.87. The van der Waals surface area contributed by atoms with Crippen molar-refractivity contribution in [3.05, 3.63) is 0 Å². The Bertz CT molecular complexity index is 1810. The molecule has 19 atom stereocenters. The summed E-state index contributed by atoms with van der Waals surface area (Å²) in [7, 11) is 0. The average molecular weight is 879 g/mol. The normalized spacial score (nSPS) is 49.8. The summed E-state index contributed by atoms with van der Waals surface area (Å²) in [4.78, 5) is 59.2. The van der Waals surface area contributed by atoms with Crippen molar-refractivity contribution in [2.24, 2.45) is 86.3 Å². The first-order valence-corrected chi connectivity index (χ1v) is 26.1. The van der Waals surface area contributed by atoms with Crippen LogP contribution in [0.5, 0.6) is 0 Å². The van der Waals surface area contributed by atoms with E-state index in [9.17, 15) is 9.90 Å². The van der Waals surface area contributed by atoms with Crippen LogP contribution in [0.25, 0.3) is 0 Å². The third-order valence-electron chi connectivity index (χ3n) is 21.3. The molecule has 9 nitrogen and oxygen atoms in total. The van der Waals surface area contributed by atoms with Crippen LogP contribution in [0.3, 0.4) is 0 Å². The molecule has 8 fully saturated rings. The molecule has 8 rings (SSSR count). The zero-order chi connectivity index (χ0) is 45.9. The maximum Gasteiger partial charge on any atom is 0.347 e. The highest BCUT2D eigenvalue weighted by Crippen LogP contribution is 2.86. The maximum absolute atomic E-state index is 15.5. The van der Waals surface area contributed by atoms with Crippen LogP contribution >= 0.6 is 0 Å². The summed E-state index contributed by atoms with van der Waals surface area (Å²) < 4.78 is 25.7. The number of fused-ring (bicyclic) bond motifs is 4. The molecule has 0 radical (unpaired) electrons. The van der Waals surface area contributed by atoms with E-state index in [2.05, 4.69) is 76.2 Å². The van der Waals surface area contributed by atoms with Crippen molar-refractivity contribution in [2.75, 3.05) is 6.61 Å². The summed E-state index contributed by atoms with van der Waals surface area (Å²) in [6.07, 6.45) is 13.9. The van der Waals surface area contributed by atoms with Gasteiger partial charge >= 0.3 is 23.9 Å². The Balaban J connectivity index is 1.15. The summed E-state index contributed by atoms with van der Waals surface area (Å²) in [6, 6.07) is 0. The van der Waals surface area contributed by atoms with Gasteiger partial charge in [-0.25, -0.2) is 4.79 Å². The second-order valence-corrected chi connectivity index (χ2v) is 24.8. The van der Waals surface area contributed by atoms with Gasteiger partial charge in [-0.2, -0.15) is 0 Å². The van der Waals surface area contributed by atoms with Gasteiger partial charge in [0, 0.05) is 12.8 Å². The van der Waals surface area contributed by atoms with Gasteiger partial charge in [-0.1, -0.05) is 101 Å². The fraction of sp³-hybridized carbons (Fsp3) is 0.926. The number of hydrogen-bond donors (Lipinski definition) is 1. The molecule has 1 N–H and O–H groups in total. The van der Waals surface area contributed by atoms with Crippen molar-refractivity contribution in [1.82, 2.24) is 0 Å². The van der Waals surface area contributed by atoms with E-state index in [-0.39, 0.29) is 54.1 Å². The van der Waals surface area contributed by atoms with E-state index in [1.54, 1.807) is 0 Å².